The average molecular weight is 276 g/mol. The van der Waals surface area contributed by atoms with Crippen LogP contribution in [-0.2, 0) is 4.74 Å². The molecule has 0 bridgehead atoms. The molecule has 106 valence electrons. The zero-order chi connectivity index (χ0) is 13.9. The van der Waals surface area contributed by atoms with E-state index >= 15 is 0 Å². The van der Waals surface area contributed by atoms with Gasteiger partial charge >= 0.3 is 6.36 Å². The van der Waals surface area contributed by atoms with Crippen molar-refractivity contribution in [3.8, 4) is 5.75 Å². The second-order valence-electron chi connectivity index (χ2n) is 4.51. The Morgan fingerprint density at radius 2 is 2.05 bits per heavy atom. The molecule has 0 aromatic heterocycles. The van der Waals surface area contributed by atoms with Crippen molar-refractivity contribution >= 4 is 0 Å². The summed E-state index contributed by atoms with van der Waals surface area (Å²) in [5.41, 5.74) is 0.148. The Hall–Kier alpha value is -1.27. The Balaban J connectivity index is 2.18. The van der Waals surface area contributed by atoms with E-state index in [0.717, 1.165) is 12.8 Å². The summed E-state index contributed by atoms with van der Waals surface area (Å²) in [7, 11) is 0. The van der Waals surface area contributed by atoms with E-state index in [9.17, 15) is 18.3 Å². The Labute approximate surface area is 108 Å². The third kappa shape index (κ3) is 3.84. The monoisotopic (exact) mass is 276 g/mol. The maximum absolute atomic E-state index is 12.3. The lowest BCUT2D eigenvalue weighted by Crippen LogP contribution is -2.25. The molecule has 1 aliphatic rings. The fourth-order valence-corrected chi connectivity index (χ4v) is 2.21. The minimum Gasteiger partial charge on any atom is -0.405 e. The zero-order valence-corrected chi connectivity index (χ0v) is 10.2. The fourth-order valence-electron chi connectivity index (χ4n) is 2.21. The van der Waals surface area contributed by atoms with Gasteiger partial charge in [-0.25, -0.2) is 0 Å². The highest BCUT2D eigenvalue weighted by molar-refractivity contribution is 5.35. The van der Waals surface area contributed by atoms with Crippen molar-refractivity contribution in [1.29, 1.82) is 0 Å². The molecule has 3 nitrogen and oxygen atoms in total. The molecule has 0 radical (unpaired) electrons. The summed E-state index contributed by atoms with van der Waals surface area (Å²) in [4.78, 5) is 0. The van der Waals surface area contributed by atoms with Gasteiger partial charge in [-0.15, -0.1) is 13.2 Å². The summed E-state index contributed by atoms with van der Waals surface area (Å²) in [5.74, 6) is -0.556. The Bertz CT molecular complexity index is 414. The molecule has 1 aliphatic heterocycles. The molecule has 1 aromatic rings. The molecule has 0 aliphatic carbocycles. The van der Waals surface area contributed by atoms with E-state index in [1.165, 1.54) is 18.2 Å². The first kappa shape index (κ1) is 14.1. The molecule has 0 saturated carbocycles. The van der Waals surface area contributed by atoms with E-state index in [1.54, 1.807) is 6.07 Å². The smallest absolute Gasteiger partial charge is 0.405 e. The summed E-state index contributed by atoms with van der Waals surface area (Å²) < 4.78 is 46.1. The van der Waals surface area contributed by atoms with Crippen LogP contribution in [0.1, 0.15) is 24.5 Å². The molecule has 2 atom stereocenters. The van der Waals surface area contributed by atoms with Gasteiger partial charge in [-0.2, -0.15) is 0 Å². The number of para-hydroxylation sites is 1. The Kier molecular flexibility index (Phi) is 4.31. The molecular formula is C13H15F3O3. The quantitative estimate of drug-likeness (QED) is 0.922. The first-order valence-corrected chi connectivity index (χ1v) is 6.08. The second-order valence-corrected chi connectivity index (χ2v) is 4.51. The van der Waals surface area contributed by atoms with Crippen LogP contribution in [0, 0.1) is 5.92 Å². The predicted molar refractivity (Wildman–Crippen MR) is 61.6 cm³/mol. The van der Waals surface area contributed by atoms with Gasteiger partial charge in [0.05, 0.1) is 12.7 Å². The molecule has 1 fully saturated rings. The van der Waals surface area contributed by atoms with E-state index in [2.05, 4.69) is 4.74 Å². The van der Waals surface area contributed by atoms with Crippen molar-refractivity contribution in [3.63, 3.8) is 0 Å². The van der Waals surface area contributed by atoms with Gasteiger partial charge in [0.1, 0.15) is 5.75 Å². The standard InChI is InChI=1S/C13H15F3O3/c14-13(15,16)19-11-6-2-1-5-10(11)12(17)9-4-3-7-18-8-9/h1-2,5-6,9,12,17H,3-4,7-8H2. The number of hydrogen-bond acceptors (Lipinski definition) is 3. The molecule has 6 heteroatoms. The van der Waals surface area contributed by atoms with Crippen molar-refractivity contribution < 1.29 is 27.8 Å². The lowest BCUT2D eigenvalue weighted by Gasteiger charge is -2.28. The number of ether oxygens (including phenoxy) is 2. The Morgan fingerprint density at radius 3 is 2.68 bits per heavy atom. The van der Waals surface area contributed by atoms with E-state index in [4.69, 9.17) is 4.74 Å². The maximum atomic E-state index is 12.3. The minimum atomic E-state index is -4.76. The van der Waals surface area contributed by atoms with Crippen LogP contribution in [0.5, 0.6) is 5.75 Å². The summed E-state index contributed by atoms with van der Waals surface area (Å²) in [6.07, 6.45) is -4.26. The Morgan fingerprint density at radius 1 is 1.32 bits per heavy atom. The summed E-state index contributed by atoms with van der Waals surface area (Å²) in [6.45, 7) is 0.978. The molecule has 1 aromatic carbocycles. The van der Waals surface area contributed by atoms with Gasteiger partial charge in [0.2, 0.25) is 0 Å². The number of rotatable bonds is 3. The lowest BCUT2D eigenvalue weighted by molar-refractivity contribution is -0.275. The first-order chi connectivity index (χ1) is 8.97. The summed E-state index contributed by atoms with van der Waals surface area (Å²) in [6, 6.07) is 5.66. The fraction of sp³-hybridized carbons (Fsp3) is 0.538. The van der Waals surface area contributed by atoms with Gasteiger partial charge < -0.3 is 14.6 Å². The number of alkyl halides is 3. The molecular weight excluding hydrogens is 261 g/mol. The molecule has 1 N–H and O–H groups in total. The number of halogens is 3. The number of benzene rings is 1. The molecule has 0 spiro atoms. The molecule has 2 unspecified atom stereocenters. The van der Waals surface area contributed by atoms with E-state index in [-0.39, 0.29) is 17.2 Å². The van der Waals surface area contributed by atoms with E-state index in [1.807, 2.05) is 0 Å². The SMILES string of the molecule is OC(c1ccccc1OC(F)(F)F)C1CCCOC1. The van der Waals surface area contributed by atoms with Crippen LogP contribution in [0.25, 0.3) is 0 Å². The molecule has 1 heterocycles. The minimum absolute atomic E-state index is 0.148. The van der Waals surface area contributed by atoms with Crippen LogP contribution in [0.4, 0.5) is 13.2 Å². The zero-order valence-electron chi connectivity index (χ0n) is 10.2. The van der Waals surface area contributed by atoms with Crippen molar-refractivity contribution in [2.75, 3.05) is 13.2 Å². The normalized spacial score (nSPS) is 22.0. The van der Waals surface area contributed by atoms with Crippen molar-refractivity contribution in [2.45, 2.75) is 25.3 Å². The third-order valence-electron chi connectivity index (χ3n) is 3.11. The third-order valence-corrected chi connectivity index (χ3v) is 3.11. The van der Waals surface area contributed by atoms with Gasteiger partial charge in [-0.05, 0) is 18.9 Å². The molecule has 2 rings (SSSR count). The van der Waals surface area contributed by atoms with Crippen LogP contribution in [0.15, 0.2) is 24.3 Å². The highest BCUT2D eigenvalue weighted by Gasteiger charge is 2.34. The second kappa shape index (κ2) is 5.79. The van der Waals surface area contributed by atoms with Crippen LogP contribution in [0.3, 0.4) is 0 Å². The van der Waals surface area contributed by atoms with Gasteiger partial charge in [0, 0.05) is 18.1 Å². The first-order valence-electron chi connectivity index (χ1n) is 6.08. The van der Waals surface area contributed by atoms with Gasteiger partial charge in [-0.1, -0.05) is 18.2 Å². The van der Waals surface area contributed by atoms with Gasteiger partial charge in [0.25, 0.3) is 0 Å². The average Bonchev–Trinajstić information content (AvgIpc) is 2.38. The predicted octanol–water partition coefficient (Wildman–Crippen LogP) is 3.05. The topological polar surface area (TPSA) is 38.7 Å². The number of aliphatic hydroxyl groups is 1. The van der Waals surface area contributed by atoms with Crippen LogP contribution in [-0.4, -0.2) is 24.7 Å². The molecule has 0 amide bonds. The number of aliphatic hydroxyl groups excluding tert-OH is 1. The largest absolute Gasteiger partial charge is 0.573 e. The van der Waals surface area contributed by atoms with E-state index < -0.39 is 12.5 Å². The van der Waals surface area contributed by atoms with Crippen LogP contribution >= 0.6 is 0 Å². The lowest BCUT2D eigenvalue weighted by atomic mass is 9.90. The summed E-state index contributed by atoms with van der Waals surface area (Å²) >= 11 is 0. The van der Waals surface area contributed by atoms with E-state index in [0.29, 0.717) is 13.2 Å². The van der Waals surface area contributed by atoms with Gasteiger partial charge in [-0.3, -0.25) is 0 Å². The maximum Gasteiger partial charge on any atom is 0.573 e. The van der Waals surface area contributed by atoms with Crippen LogP contribution < -0.4 is 4.74 Å². The highest BCUT2D eigenvalue weighted by atomic mass is 19.4. The molecule has 1 saturated heterocycles. The van der Waals surface area contributed by atoms with Crippen molar-refractivity contribution in [3.05, 3.63) is 29.8 Å². The number of hydrogen-bond donors (Lipinski definition) is 1. The van der Waals surface area contributed by atoms with Crippen LogP contribution in [0.2, 0.25) is 0 Å². The highest BCUT2D eigenvalue weighted by Crippen LogP contribution is 2.36. The van der Waals surface area contributed by atoms with Crippen molar-refractivity contribution in [1.82, 2.24) is 0 Å². The van der Waals surface area contributed by atoms with Gasteiger partial charge in [0.15, 0.2) is 0 Å². The molecule has 19 heavy (non-hydrogen) atoms. The van der Waals surface area contributed by atoms with Crippen molar-refractivity contribution in [2.24, 2.45) is 5.92 Å². The summed E-state index contributed by atoms with van der Waals surface area (Å²) in [5, 5.41) is 10.2.